The fourth-order valence-electron chi connectivity index (χ4n) is 2.73. The lowest BCUT2D eigenvalue weighted by Crippen LogP contribution is -2.14. The minimum Gasteiger partial charge on any atom is -0.493 e. The van der Waals surface area contributed by atoms with Crippen LogP contribution in [0.3, 0.4) is 0 Å². The van der Waals surface area contributed by atoms with Crippen LogP contribution in [0.5, 0.6) is 11.5 Å². The normalized spacial score (nSPS) is 10.5. The van der Waals surface area contributed by atoms with Gasteiger partial charge in [0.25, 0.3) is 5.91 Å². The van der Waals surface area contributed by atoms with E-state index in [4.69, 9.17) is 14.0 Å². The van der Waals surface area contributed by atoms with Crippen LogP contribution in [-0.4, -0.2) is 25.3 Å². The van der Waals surface area contributed by atoms with Crippen LogP contribution in [0.4, 0.5) is 5.69 Å². The summed E-state index contributed by atoms with van der Waals surface area (Å²) in [6.45, 7) is 3.60. The number of carbonyl (C=O) groups excluding carboxylic acids is 1. The highest BCUT2D eigenvalue weighted by Crippen LogP contribution is 2.34. The molecule has 0 aliphatic rings. The molecule has 1 aromatic heterocycles. The minimum atomic E-state index is -0.294. The zero-order valence-corrected chi connectivity index (χ0v) is 15.1. The summed E-state index contributed by atoms with van der Waals surface area (Å²) in [5.41, 5.74) is 3.22. The van der Waals surface area contributed by atoms with Gasteiger partial charge in [0.2, 0.25) is 0 Å². The molecule has 0 unspecified atom stereocenters. The van der Waals surface area contributed by atoms with Crippen molar-refractivity contribution in [3.8, 4) is 22.8 Å². The molecule has 0 bridgehead atoms. The Labute approximate surface area is 151 Å². The quantitative estimate of drug-likeness (QED) is 0.744. The first-order chi connectivity index (χ1) is 12.5. The summed E-state index contributed by atoms with van der Waals surface area (Å²) in [7, 11) is 3.12. The van der Waals surface area contributed by atoms with E-state index in [0.29, 0.717) is 34.2 Å². The van der Waals surface area contributed by atoms with Gasteiger partial charge in [0, 0.05) is 17.3 Å². The van der Waals surface area contributed by atoms with Gasteiger partial charge in [-0.1, -0.05) is 35.5 Å². The maximum Gasteiger partial charge on any atom is 0.261 e. The van der Waals surface area contributed by atoms with Crippen LogP contribution in [0.2, 0.25) is 0 Å². The molecule has 26 heavy (non-hydrogen) atoms. The second-order valence-electron chi connectivity index (χ2n) is 5.80. The molecule has 0 spiro atoms. The Morgan fingerprint density at radius 3 is 2.35 bits per heavy atom. The predicted octanol–water partition coefficient (Wildman–Crippen LogP) is 4.23. The summed E-state index contributed by atoms with van der Waals surface area (Å²) in [6, 6.07) is 13.0. The smallest absolute Gasteiger partial charge is 0.261 e. The van der Waals surface area contributed by atoms with Crippen molar-refractivity contribution >= 4 is 11.6 Å². The number of nitrogens with zero attached hydrogens (tertiary/aromatic N) is 1. The van der Waals surface area contributed by atoms with Crippen LogP contribution in [0.25, 0.3) is 11.3 Å². The van der Waals surface area contributed by atoms with E-state index < -0.39 is 0 Å². The van der Waals surface area contributed by atoms with E-state index in [2.05, 4.69) is 10.5 Å². The topological polar surface area (TPSA) is 73.6 Å². The first kappa shape index (κ1) is 17.5. The van der Waals surface area contributed by atoms with E-state index in [1.807, 2.05) is 43.3 Å². The van der Waals surface area contributed by atoms with E-state index in [1.165, 1.54) is 0 Å². The van der Waals surface area contributed by atoms with E-state index in [9.17, 15) is 4.79 Å². The highest BCUT2D eigenvalue weighted by Gasteiger charge is 2.22. The first-order valence-corrected chi connectivity index (χ1v) is 8.10. The number of methoxy groups -OCH3 is 2. The molecule has 0 atom stereocenters. The number of hydrogen-bond acceptors (Lipinski definition) is 5. The van der Waals surface area contributed by atoms with E-state index in [-0.39, 0.29) is 5.91 Å². The molecule has 6 nitrogen and oxygen atoms in total. The average Bonchev–Trinajstić information content (AvgIpc) is 3.05. The Kier molecular flexibility index (Phi) is 4.93. The van der Waals surface area contributed by atoms with Crippen molar-refractivity contribution in [2.75, 3.05) is 19.5 Å². The summed E-state index contributed by atoms with van der Waals surface area (Å²) in [6.07, 6.45) is 0. The van der Waals surface area contributed by atoms with Crippen LogP contribution in [0.15, 0.2) is 47.0 Å². The van der Waals surface area contributed by atoms with Gasteiger partial charge in [0.15, 0.2) is 11.5 Å². The number of aromatic nitrogens is 1. The Bertz CT molecular complexity index is 932. The number of ether oxygens (including phenoxy) is 2. The molecule has 1 amide bonds. The van der Waals surface area contributed by atoms with E-state index in [0.717, 1.165) is 11.1 Å². The standard InChI is InChI=1S/C20H20N2O4/c1-12-10-16(24-3)17(25-4)11-15(12)21-20(23)18-13(2)26-22-19(18)14-8-6-5-7-9-14/h5-11H,1-4H3,(H,21,23). The van der Waals surface area contributed by atoms with Crippen LogP contribution in [0, 0.1) is 13.8 Å². The molecule has 0 saturated heterocycles. The molecule has 134 valence electrons. The Balaban J connectivity index is 1.96. The lowest BCUT2D eigenvalue weighted by Gasteiger charge is -2.13. The molecule has 0 aliphatic carbocycles. The molecule has 0 radical (unpaired) electrons. The zero-order chi connectivity index (χ0) is 18.7. The number of nitrogens with one attached hydrogen (secondary N) is 1. The van der Waals surface area contributed by atoms with Gasteiger partial charge in [-0.2, -0.15) is 0 Å². The molecule has 3 rings (SSSR count). The van der Waals surface area contributed by atoms with Gasteiger partial charge in [-0.3, -0.25) is 4.79 Å². The first-order valence-electron chi connectivity index (χ1n) is 8.10. The van der Waals surface area contributed by atoms with Crippen molar-refractivity contribution in [2.45, 2.75) is 13.8 Å². The summed E-state index contributed by atoms with van der Waals surface area (Å²) in [5.74, 6) is 1.31. The van der Waals surface area contributed by atoms with Gasteiger partial charge in [-0.15, -0.1) is 0 Å². The average molecular weight is 352 g/mol. The number of anilines is 1. The molecular formula is C20H20N2O4. The van der Waals surface area contributed by atoms with Gasteiger partial charge in [0.1, 0.15) is 17.0 Å². The summed E-state index contributed by atoms with van der Waals surface area (Å²) in [5, 5.41) is 6.97. The molecule has 0 saturated carbocycles. The predicted molar refractivity (Wildman–Crippen MR) is 98.9 cm³/mol. The molecule has 1 N–H and O–H groups in total. The summed E-state index contributed by atoms with van der Waals surface area (Å²) >= 11 is 0. The maximum absolute atomic E-state index is 12.9. The van der Waals surface area contributed by atoms with Crippen LogP contribution < -0.4 is 14.8 Å². The number of hydrogen-bond donors (Lipinski definition) is 1. The third-order valence-electron chi connectivity index (χ3n) is 4.12. The molecule has 6 heteroatoms. The van der Waals surface area contributed by atoms with Crippen molar-refractivity contribution in [1.29, 1.82) is 0 Å². The van der Waals surface area contributed by atoms with Crippen molar-refractivity contribution < 1.29 is 18.8 Å². The Hall–Kier alpha value is -3.28. The highest BCUT2D eigenvalue weighted by atomic mass is 16.5. The molecule has 2 aromatic carbocycles. The van der Waals surface area contributed by atoms with Crippen molar-refractivity contribution in [3.05, 3.63) is 59.4 Å². The van der Waals surface area contributed by atoms with Crippen LogP contribution in [-0.2, 0) is 0 Å². The summed E-state index contributed by atoms with van der Waals surface area (Å²) in [4.78, 5) is 12.9. The monoisotopic (exact) mass is 352 g/mol. The Morgan fingerprint density at radius 1 is 1.04 bits per heavy atom. The molecule has 0 aliphatic heterocycles. The SMILES string of the molecule is COc1cc(C)c(NC(=O)c2c(-c3ccccc3)noc2C)cc1OC. The lowest BCUT2D eigenvalue weighted by molar-refractivity contribution is 0.102. The van der Waals surface area contributed by atoms with E-state index >= 15 is 0 Å². The van der Waals surface area contributed by atoms with Crippen LogP contribution in [0.1, 0.15) is 21.7 Å². The molecular weight excluding hydrogens is 332 g/mol. The minimum absolute atomic E-state index is 0.294. The fourth-order valence-corrected chi connectivity index (χ4v) is 2.73. The molecule has 1 heterocycles. The zero-order valence-electron chi connectivity index (χ0n) is 15.1. The maximum atomic E-state index is 12.9. The van der Waals surface area contributed by atoms with Crippen molar-refractivity contribution in [3.63, 3.8) is 0 Å². The van der Waals surface area contributed by atoms with Gasteiger partial charge < -0.3 is 19.3 Å². The molecule has 0 fully saturated rings. The second-order valence-corrected chi connectivity index (χ2v) is 5.80. The van der Waals surface area contributed by atoms with Crippen molar-refractivity contribution in [2.24, 2.45) is 0 Å². The van der Waals surface area contributed by atoms with E-state index in [1.54, 1.807) is 27.2 Å². The Morgan fingerprint density at radius 2 is 1.69 bits per heavy atom. The fraction of sp³-hybridized carbons (Fsp3) is 0.200. The lowest BCUT2D eigenvalue weighted by atomic mass is 10.1. The number of carbonyl (C=O) groups is 1. The van der Waals surface area contributed by atoms with Gasteiger partial charge in [0.05, 0.1) is 14.2 Å². The number of amides is 1. The molecule has 3 aromatic rings. The van der Waals surface area contributed by atoms with Gasteiger partial charge in [-0.25, -0.2) is 0 Å². The largest absolute Gasteiger partial charge is 0.493 e. The second kappa shape index (κ2) is 7.31. The third kappa shape index (κ3) is 3.26. The number of rotatable bonds is 5. The third-order valence-corrected chi connectivity index (χ3v) is 4.12. The summed E-state index contributed by atoms with van der Waals surface area (Å²) < 4.78 is 15.9. The van der Waals surface area contributed by atoms with Crippen molar-refractivity contribution in [1.82, 2.24) is 5.16 Å². The number of benzene rings is 2. The van der Waals surface area contributed by atoms with Gasteiger partial charge >= 0.3 is 0 Å². The van der Waals surface area contributed by atoms with Crippen LogP contribution >= 0.6 is 0 Å². The number of aryl methyl sites for hydroxylation is 2. The highest BCUT2D eigenvalue weighted by molar-refractivity contribution is 6.09. The van der Waals surface area contributed by atoms with Gasteiger partial charge in [-0.05, 0) is 25.5 Å².